The highest BCUT2D eigenvalue weighted by molar-refractivity contribution is 8.00. The number of carbonyl (C=O) groups excluding carboxylic acids is 1. The Kier molecular flexibility index (Phi) is 6.88. The number of carbonyl (C=O) groups is 1. The lowest BCUT2D eigenvalue weighted by molar-refractivity contribution is -0.115. The maximum absolute atomic E-state index is 13.0. The number of benzene rings is 2. The second-order valence-electron chi connectivity index (χ2n) is 7.54. The largest absolute Gasteiger partial charge is 0.325 e. The summed E-state index contributed by atoms with van der Waals surface area (Å²) >= 11 is 7.38. The number of amides is 1. The SMILES string of the molecule is CCCn1c(SC(C)C(=O)Nc2c(C)cc(C)cc2C)nc2cc(Cl)ccc2c1=O. The van der Waals surface area contributed by atoms with Gasteiger partial charge in [0.1, 0.15) is 0 Å². The number of fused-ring (bicyclic) bond motifs is 1. The third-order valence-electron chi connectivity index (χ3n) is 4.91. The lowest BCUT2D eigenvalue weighted by atomic mass is 10.1. The van der Waals surface area contributed by atoms with Gasteiger partial charge in [0.2, 0.25) is 5.91 Å². The molecule has 0 aliphatic carbocycles. The number of rotatable bonds is 6. The van der Waals surface area contributed by atoms with E-state index < -0.39 is 5.25 Å². The fourth-order valence-corrected chi connectivity index (χ4v) is 4.60. The van der Waals surface area contributed by atoms with Crippen molar-refractivity contribution in [1.29, 1.82) is 0 Å². The van der Waals surface area contributed by atoms with Crippen LogP contribution in [0.15, 0.2) is 40.3 Å². The first-order valence-corrected chi connectivity index (χ1v) is 11.2. The van der Waals surface area contributed by atoms with E-state index in [0.717, 1.165) is 28.8 Å². The predicted octanol–water partition coefficient (Wildman–Crippen LogP) is 5.50. The maximum atomic E-state index is 13.0. The molecule has 1 unspecified atom stereocenters. The summed E-state index contributed by atoms with van der Waals surface area (Å²) in [5.74, 6) is -0.126. The number of thioether (sulfide) groups is 1. The molecule has 0 saturated heterocycles. The Labute approximate surface area is 185 Å². The van der Waals surface area contributed by atoms with Crippen molar-refractivity contribution in [3.05, 3.63) is 62.4 Å². The quantitative estimate of drug-likeness (QED) is 0.403. The fourth-order valence-electron chi connectivity index (χ4n) is 3.50. The molecule has 2 aromatic carbocycles. The lowest BCUT2D eigenvalue weighted by Crippen LogP contribution is -2.27. The van der Waals surface area contributed by atoms with Crippen molar-refractivity contribution in [3.8, 4) is 0 Å². The van der Waals surface area contributed by atoms with Gasteiger partial charge in [-0.1, -0.05) is 48.0 Å². The van der Waals surface area contributed by atoms with E-state index in [1.54, 1.807) is 22.8 Å². The van der Waals surface area contributed by atoms with Crippen molar-refractivity contribution in [2.24, 2.45) is 0 Å². The number of aryl methyl sites for hydroxylation is 3. The van der Waals surface area contributed by atoms with Gasteiger partial charge in [0, 0.05) is 17.3 Å². The van der Waals surface area contributed by atoms with Crippen LogP contribution in [0.2, 0.25) is 5.02 Å². The van der Waals surface area contributed by atoms with Gasteiger partial charge in [0.25, 0.3) is 5.56 Å². The summed E-state index contributed by atoms with van der Waals surface area (Å²) < 4.78 is 1.65. The Balaban J connectivity index is 1.92. The molecular weight excluding hydrogens is 418 g/mol. The highest BCUT2D eigenvalue weighted by Crippen LogP contribution is 2.27. The van der Waals surface area contributed by atoms with E-state index in [-0.39, 0.29) is 11.5 Å². The number of anilines is 1. The molecule has 0 aliphatic heterocycles. The molecule has 0 radical (unpaired) electrons. The molecule has 0 fully saturated rings. The van der Waals surface area contributed by atoms with E-state index >= 15 is 0 Å². The number of nitrogens with one attached hydrogen (secondary N) is 1. The summed E-state index contributed by atoms with van der Waals surface area (Å²) in [6, 6.07) is 9.18. The third-order valence-corrected chi connectivity index (χ3v) is 6.23. The molecule has 7 heteroatoms. The fraction of sp³-hybridized carbons (Fsp3) is 0.348. The summed E-state index contributed by atoms with van der Waals surface area (Å²) in [4.78, 5) is 30.5. The van der Waals surface area contributed by atoms with Gasteiger partial charge in [-0.2, -0.15) is 0 Å². The molecular formula is C23H26ClN3O2S. The smallest absolute Gasteiger partial charge is 0.262 e. The van der Waals surface area contributed by atoms with Gasteiger partial charge in [-0.05, 0) is 63.4 Å². The van der Waals surface area contributed by atoms with Crippen molar-refractivity contribution in [3.63, 3.8) is 0 Å². The van der Waals surface area contributed by atoms with Gasteiger partial charge in [0.05, 0.1) is 16.2 Å². The summed E-state index contributed by atoms with van der Waals surface area (Å²) in [6.07, 6.45) is 0.788. The van der Waals surface area contributed by atoms with Crippen LogP contribution in [0.3, 0.4) is 0 Å². The van der Waals surface area contributed by atoms with Gasteiger partial charge >= 0.3 is 0 Å². The van der Waals surface area contributed by atoms with E-state index in [4.69, 9.17) is 11.6 Å². The highest BCUT2D eigenvalue weighted by atomic mass is 35.5. The summed E-state index contributed by atoms with van der Waals surface area (Å²) in [7, 11) is 0. The summed E-state index contributed by atoms with van der Waals surface area (Å²) in [5, 5.41) is 4.18. The van der Waals surface area contributed by atoms with Crippen LogP contribution in [0, 0.1) is 20.8 Å². The molecule has 1 heterocycles. The molecule has 3 rings (SSSR count). The Hall–Kier alpha value is -2.31. The van der Waals surface area contributed by atoms with Crippen LogP contribution < -0.4 is 10.9 Å². The third kappa shape index (κ3) is 4.71. The number of aromatic nitrogens is 2. The molecule has 5 nitrogen and oxygen atoms in total. The lowest BCUT2D eigenvalue weighted by Gasteiger charge is -2.18. The second kappa shape index (κ2) is 9.23. The Morgan fingerprint density at radius 2 is 1.87 bits per heavy atom. The highest BCUT2D eigenvalue weighted by Gasteiger charge is 2.20. The van der Waals surface area contributed by atoms with E-state index in [1.807, 2.05) is 46.8 Å². The van der Waals surface area contributed by atoms with Crippen LogP contribution in [0.1, 0.15) is 37.0 Å². The van der Waals surface area contributed by atoms with Crippen molar-refractivity contribution < 1.29 is 4.79 Å². The zero-order valence-electron chi connectivity index (χ0n) is 17.9. The van der Waals surface area contributed by atoms with E-state index in [9.17, 15) is 9.59 Å². The Morgan fingerprint density at radius 3 is 2.50 bits per heavy atom. The van der Waals surface area contributed by atoms with Crippen LogP contribution in [0.5, 0.6) is 0 Å². The van der Waals surface area contributed by atoms with Crippen LogP contribution in [-0.4, -0.2) is 20.7 Å². The predicted molar refractivity (Wildman–Crippen MR) is 126 cm³/mol. The zero-order chi connectivity index (χ0) is 22.0. The number of halogens is 1. The van der Waals surface area contributed by atoms with E-state index in [0.29, 0.717) is 27.6 Å². The maximum Gasteiger partial charge on any atom is 0.262 e. The molecule has 30 heavy (non-hydrogen) atoms. The topological polar surface area (TPSA) is 64.0 Å². The molecule has 0 aliphatic rings. The van der Waals surface area contributed by atoms with Gasteiger partial charge in [-0.3, -0.25) is 14.2 Å². The summed E-state index contributed by atoms with van der Waals surface area (Å²) in [6.45, 7) is 10.4. The zero-order valence-corrected chi connectivity index (χ0v) is 19.4. The molecule has 1 atom stereocenters. The van der Waals surface area contributed by atoms with Crippen LogP contribution >= 0.6 is 23.4 Å². The first kappa shape index (κ1) is 22.4. The van der Waals surface area contributed by atoms with Crippen molar-refractivity contribution in [2.45, 2.75) is 58.0 Å². The molecule has 1 amide bonds. The first-order valence-electron chi connectivity index (χ1n) is 9.96. The van der Waals surface area contributed by atoms with Crippen molar-refractivity contribution >= 4 is 45.9 Å². The minimum absolute atomic E-state index is 0.112. The molecule has 0 spiro atoms. The average Bonchev–Trinajstić information content (AvgIpc) is 2.67. The molecule has 158 valence electrons. The normalized spacial score (nSPS) is 12.2. The van der Waals surface area contributed by atoms with Crippen LogP contribution in [-0.2, 0) is 11.3 Å². The standard InChI is InChI=1S/C23H26ClN3O2S/c1-6-9-27-22(29)18-8-7-17(24)12-19(18)25-23(27)30-16(5)21(28)26-20-14(3)10-13(2)11-15(20)4/h7-8,10-12,16H,6,9H2,1-5H3,(H,26,28). The Morgan fingerprint density at radius 1 is 1.20 bits per heavy atom. The van der Waals surface area contributed by atoms with Crippen molar-refractivity contribution in [2.75, 3.05) is 5.32 Å². The first-order chi connectivity index (χ1) is 14.2. The average molecular weight is 444 g/mol. The van der Waals surface area contributed by atoms with Gasteiger partial charge in [0.15, 0.2) is 5.16 Å². The minimum Gasteiger partial charge on any atom is -0.325 e. The Bertz CT molecular complexity index is 1150. The minimum atomic E-state index is -0.434. The second-order valence-corrected chi connectivity index (χ2v) is 9.28. The van der Waals surface area contributed by atoms with Crippen LogP contribution in [0.25, 0.3) is 10.9 Å². The van der Waals surface area contributed by atoms with Gasteiger partial charge in [-0.15, -0.1) is 0 Å². The number of hydrogen-bond acceptors (Lipinski definition) is 4. The molecule has 1 aromatic heterocycles. The molecule has 0 bridgehead atoms. The van der Waals surface area contributed by atoms with Crippen molar-refractivity contribution in [1.82, 2.24) is 9.55 Å². The van der Waals surface area contributed by atoms with E-state index in [1.165, 1.54) is 11.8 Å². The summed E-state index contributed by atoms with van der Waals surface area (Å²) in [5.41, 5.74) is 4.48. The number of nitrogens with zero attached hydrogens (tertiary/aromatic N) is 2. The van der Waals surface area contributed by atoms with Gasteiger partial charge < -0.3 is 5.32 Å². The monoisotopic (exact) mass is 443 g/mol. The number of hydrogen-bond donors (Lipinski definition) is 1. The molecule has 3 aromatic rings. The van der Waals surface area contributed by atoms with Crippen LogP contribution in [0.4, 0.5) is 5.69 Å². The van der Waals surface area contributed by atoms with E-state index in [2.05, 4.69) is 10.3 Å². The molecule has 1 N–H and O–H groups in total. The van der Waals surface area contributed by atoms with Gasteiger partial charge in [-0.25, -0.2) is 4.98 Å². The molecule has 0 saturated carbocycles.